The summed E-state index contributed by atoms with van der Waals surface area (Å²) in [6.45, 7) is 3.32. The zero-order chi connectivity index (χ0) is 13.5. The highest BCUT2D eigenvalue weighted by Crippen LogP contribution is 2.33. The van der Waals surface area contributed by atoms with Gasteiger partial charge >= 0.3 is 6.18 Å². The molecule has 1 aromatic rings. The Morgan fingerprint density at radius 2 is 2.06 bits per heavy atom. The zero-order valence-corrected chi connectivity index (χ0v) is 10.5. The van der Waals surface area contributed by atoms with E-state index in [0.29, 0.717) is 18.4 Å². The Balaban J connectivity index is 2.36. The van der Waals surface area contributed by atoms with Crippen LogP contribution in [0.2, 0.25) is 0 Å². The van der Waals surface area contributed by atoms with Crippen molar-refractivity contribution in [1.82, 2.24) is 4.57 Å². The van der Waals surface area contributed by atoms with Crippen LogP contribution in [0, 0.1) is 6.92 Å². The van der Waals surface area contributed by atoms with E-state index in [1.54, 1.807) is 24.5 Å². The standard InChI is InChI=1S/C13H16F3NO/c1-8-6-10-11(4-3-5-12(10)18)17(8)9(2)7-13(14,15)16/h6,9H,3-5,7H2,1-2H3. The first-order valence-electron chi connectivity index (χ1n) is 6.10. The SMILES string of the molecule is Cc1cc2c(n1C(C)CC(F)(F)F)CCCC2=O. The first-order valence-corrected chi connectivity index (χ1v) is 6.10. The molecule has 1 aliphatic carbocycles. The summed E-state index contributed by atoms with van der Waals surface area (Å²) in [5.74, 6) is 0.0531. The molecule has 0 aromatic carbocycles. The molecule has 2 rings (SSSR count). The smallest absolute Gasteiger partial charge is 0.345 e. The first kappa shape index (κ1) is 13.2. The molecule has 0 amide bonds. The van der Waals surface area contributed by atoms with Crippen molar-refractivity contribution in [3.63, 3.8) is 0 Å². The molecule has 0 fully saturated rings. The molecule has 0 spiro atoms. The molecular weight excluding hydrogens is 243 g/mol. The van der Waals surface area contributed by atoms with E-state index in [0.717, 1.165) is 17.8 Å². The molecule has 1 aromatic heterocycles. The monoisotopic (exact) mass is 259 g/mol. The third-order valence-electron chi connectivity index (χ3n) is 3.42. The normalized spacial score (nSPS) is 17.7. The molecule has 0 bridgehead atoms. The van der Waals surface area contributed by atoms with Crippen LogP contribution in [0.3, 0.4) is 0 Å². The van der Waals surface area contributed by atoms with Gasteiger partial charge in [-0.15, -0.1) is 0 Å². The summed E-state index contributed by atoms with van der Waals surface area (Å²) in [4.78, 5) is 11.7. The van der Waals surface area contributed by atoms with Crippen LogP contribution < -0.4 is 0 Å². The Kier molecular flexibility index (Phi) is 3.25. The van der Waals surface area contributed by atoms with Crippen LogP contribution >= 0.6 is 0 Å². The van der Waals surface area contributed by atoms with Gasteiger partial charge in [-0.2, -0.15) is 13.2 Å². The highest BCUT2D eigenvalue weighted by Gasteiger charge is 2.33. The van der Waals surface area contributed by atoms with Gasteiger partial charge in [0.05, 0.1) is 6.42 Å². The minimum Gasteiger partial charge on any atom is -0.345 e. The second-order valence-electron chi connectivity index (χ2n) is 4.96. The number of Topliss-reactive ketones (excluding diaryl/α,β-unsaturated/α-hetero) is 1. The van der Waals surface area contributed by atoms with Gasteiger partial charge in [-0.05, 0) is 32.8 Å². The summed E-state index contributed by atoms with van der Waals surface area (Å²) >= 11 is 0. The lowest BCUT2D eigenvalue weighted by Crippen LogP contribution is -2.21. The molecule has 1 heterocycles. The van der Waals surface area contributed by atoms with Crippen molar-refractivity contribution >= 4 is 5.78 Å². The predicted molar refractivity (Wildman–Crippen MR) is 61.8 cm³/mol. The molecule has 1 aliphatic rings. The fraction of sp³-hybridized carbons (Fsp3) is 0.615. The van der Waals surface area contributed by atoms with Crippen molar-refractivity contribution in [3.05, 3.63) is 23.0 Å². The van der Waals surface area contributed by atoms with E-state index < -0.39 is 18.6 Å². The third kappa shape index (κ3) is 2.44. The number of carbonyl (C=O) groups is 1. The average molecular weight is 259 g/mol. The number of aromatic nitrogens is 1. The van der Waals surface area contributed by atoms with E-state index in [-0.39, 0.29) is 5.78 Å². The molecular formula is C13H16F3NO. The number of halogens is 3. The van der Waals surface area contributed by atoms with Crippen LogP contribution in [-0.4, -0.2) is 16.5 Å². The maximum atomic E-state index is 12.5. The maximum absolute atomic E-state index is 12.5. The summed E-state index contributed by atoms with van der Waals surface area (Å²) in [7, 11) is 0. The number of hydrogen-bond donors (Lipinski definition) is 0. The van der Waals surface area contributed by atoms with E-state index >= 15 is 0 Å². The highest BCUT2D eigenvalue weighted by molar-refractivity contribution is 5.98. The van der Waals surface area contributed by atoms with Gasteiger partial charge in [0, 0.05) is 29.4 Å². The van der Waals surface area contributed by atoms with Crippen molar-refractivity contribution in [1.29, 1.82) is 0 Å². The fourth-order valence-corrected chi connectivity index (χ4v) is 2.79. The molecule has 1 atom stereocenters. The Labute approximate surface area is 104 Å². The molecule has 0 radical (unpaired) electrons. The molecule has 18 heavy (non-hydrogen) atoms. The fourth-order valence-electron chi connectivity index (χ4n) is 2.79. The summed E-state index contributed by atoms with van der Waals surface area (Å²) < 4.78 is 39.1. The Bertz CT molecular complexity index is 473. The molecule has 100 valence electrons. The van der Waals surface area contributed by atoms with Crippen LogP contribution in [0.5, 0.6) is 0 Å². The lowest BCUT2D eigenvalue weighted by molar-refractivity contribution is -0.141. The van der Waals surface area contributed by atoms with Crippen LogP contribution in [0.4, 0.5) is 13.2 Å². The number of fused-ring (bicyclic) bond motifs is 1. The van der Waals surface area contributed by atoms with Gasteiger partial charge in [-0.25, -0.2) is 0 Å². The number of rotatable bonds is 2. The maximum Gasteiger partial charge on any atom is 0.391 e. The number of aryl methyl sites for hydroxylation is 1. The molecule has 5 heteroatoms. The first-order chi connectivity index (χ1) is 8.29. The Hall–Kier alpha value is -1.26. The molecule has 0 saturated carbocycles. The average Bonchev–Trinajstić information content (AvgIpc) is 2.53. The van der Waals surface area contributed by atoms with Crippen molar-refractivity contribution in [2.75, 3.05) is 0 Å². The van der Waals surface area contributed by atoms with Gasteiger partial charge in [-0.1, -0.05) is 0 Å². The molecule has 2 nitrogen and oxygen atoms in total. The third-order valence-corrected chi connectivity index (χ3v) is 3.42. The summed E-state index contributed by atoms with van der Waals surface area (Å²) in [5, 5.41) is 0. The minimum absolute atomic E-state index is 0.0531. The summed E-state index contributed by atoms with van der Waals surface area (Å²) in [6.07, 6.45) is -3.11. The van der Waals surface area contributed by atoms with Crippen LogP contribution in [0.25, 0.3) is 0 Å². The summed E-state index contributed by atoms with van der Waals surface area (Å²) in [5.41, 5.74) is 2.14. The lowest BCUT2D eigenvalue weighted by Gasteiger charge is -2.22. The van der Waals surface area contributed by atoms with E-state index in [2.05, 4.69) is 0 Å². The molecule has 0 N–H and O–H groups in total. The van der Waals surface area contributed by atoms with Gasteiger partial charge in [0.25, 0.3) is 0 Å². The molecule has 0 aliphatic heterocycles. The largest absolute Gasteiger partial charge is 0.391 e. The number of hydrogen-bond acceptors (Lipinski definition) is 1. The summed E-state index contributed by atoms with van der Waals surface area (Å²) in [6, 6.07) is 1.07. The van der Waals surface area contributed by atoms with Gasteiger partial charge < -0.3 is 4.57 Å². The van der Waals surface area contributed by atoms with Crippen LogP contribution in [0.15, 0.2) is 6.07 Å². The van der Waals surface area contributed by atoms with E-state index in [4.69, 9.17) is 0 Å². The molecule has 0 saturated heterocycles. The van der Waals surface area contributed by atoms with E-state index in [1.165, 1.54) is 0 Å². The van der Waals surface area contributed by atoms with Crippen molar-refractivity contribution in [2.45, 2.75) is 51.7 Å². The predicted octanol–water partition coefficient (Wildman–Crippen LogP) is 3.83. The second-order valence-corrected chi connectivity index (χ2v) is 4.96. The van der Waals surface area contributed by atoms with Gasteiger partial charge in [0.15, 0.2) is 5.78 Å². The topological polar surface area (TPSA) is 22.0 Å². The molecule has 1 unspecified atom stereocenters. The number of nitrogens with zero attached hydrogens (tertiary/aromatic N) is 1. The van der Waals surface area contributed by atoms with Crippen molar-refractivity contribution < 1.29 is 18.0 Å². The van der Waals surface area contributed by atoms with Gasteiger partial charge in [0.2, 0.25) is 0 Å². The van der Waals surface area contributed by atoms with Gasteiger partial charge in [-0.3, -0.25) is 4.79 Å². The Morgan fingerprint density at radius 1 is 1.39 bits per heavy atom. The second kappa shape index (κ2) is 4.44. The van der Waals surface area contributed by atoms with Crippen molar-refractivity contribution in [2.24, 2.45) is 0 Å². The number of alkyl halides is 3. The lowest BCUT2D eigenvalue weighted by atomic mass is 9.96. The van der Waals surface area contributed by atoms with Gasteiger partial charge in [0.1, 0.15) is 0 Å². The van der Waals surface area contributed by atoms with Crippen LogP contribution in [0.1, 0.15) is 54.0 Å². The van der Waals surface area contributed by atoms with E-state index in [1.807, 2.05) is 0 Å². The van der Waals surface area contributed by atoms with E-state index in [9.17, 15) is 18.0 Å². The minimum atomic E-state index is -4.18. The highest BCUT2D eigenvalue weighted by atomic mass is 19.4. The van der Waals surface area contributed by atoms with Crippen molar-refractivity contribution in [3.8, 4) is 0 Å². The number of ketones is 1. The van der Waals surface area contributed by atoms with Crippen LogP contribution in [-0.2, 0) is 6.42 Å². The quantitative estimate of drug-likeness (QED) is 0.791. The number of carbonyl (C=O) groups excluding carboxylic acids is 1. The zero-order valence-electron chi connectivity index (χ0n) is 10.5. The Morgan fingerprint density at radius 3 is 2.67 bits per heavy atom.